The van der Waals surface area contributed by atoms with Crippen molar-refractivity contribution in [1.29, 1.82) is 5.26 Å². The van der Waals surface area contributed by atoms with Gasteiger partial charge in [-0.25, -0.2) is 4.98 Å². The second-order valence-electron chi connectivity index (χ2n) is 6.04. The number of aromatic nitrogens is 2. The molecular weight excluding hydrogens is 344 g/mol. The molecule has 4 heterocycles. The molecule has 4 N–H and O–H groups in total. The van der Waals surface area contributed by atoms with E-state index in [1.807, 2.05) is 4.90 Å². The molecule has 25 heavy (non-hydrogen) atoms. The number of pyridine rings is 2. The van der Waals surface area contributed by atoms with Crippen LogP contribution in [0.4, 0.5) is 17.5 Å². The third-order valence-corrected chi connectivity index (χ3v) is 4.89. The van der Waals surface area contributed by atoms with Crippen molar-refractivity contribution in [2.24, 2.45) is 0 Å². The first-order valence-electron chi connectivity index (χ1n) is 8.01. The average Bonchev–Trinajstić information content (AvgIpc) is 3.05. The summed E-state index contributed by atoms with van der Waals surface area (Å²) in [6, 6.07) is 2.28. The molecule has 1 atom stereocenters. The van der Waals surface area contributed by atoms with E-state index >= 15 is 0 Å². The lowest BCUT2D eigenvalue weighted by Crippen LogP contribution is -2.37. The molecule has 2 aromatic rings. The summed E-state index contributed by atoms with van der Waals surface area (Å²) in [5.74, 6) is 1.77. The van der Waals surface area contributed by atoms with E-state index in [2.05, 4.69) is 16.0 Å². The van der Waals surface area contributed by atoms with Gasteiger partial charge in [-0.2, -0.15) is 10.2 Å². The molecule has 0 aliphatic carbocycles. The minimum atomic E-state index is -0.193. The summed E-state index contributed by atoms with van der Waals surface area (Å²) in [5.41, 5.74) is 13.5. The van der Waals surface area contributed by atoms with E-state index in [1.165, 1.54) is 0 Å². The molecule has 2 aliphatic heterocycles. The highest BCUT2D eigenvalue weighted by molar-refractivity contribution is 6.18. The third kappa shape index (κ3) is 2.47. The zero-order valence-electron chi connectivity index (χ0n) is 13.5. The number of halogens is 1. The number of anilines is 3. The van der Waals surface area contributed by atoms with E-state index in [1.54, 1.807) is 0 Å². The molecule has 0 spiro atoms. The van der Waals surface area contributed by atoms with Crippen molar-refractivity contribution in [2.75, 3.05) is 48.6 Å². The summed E-state index contributed by atoms with van der Waals surface area (Å²) < 4.78 is 11.1. The second kappa shape index (κ2) is 6.10. The summed E-state index contributed by atoms with van der Waals surface area (Å²) >= 11 is 5.94. The zero-order chi connectivity index (χ0) is 17.6. The molecule has 9 heteroatoms. The van der Waals surface area contributed by atoms with Gasteiger partial charge < -0.3 is 25.8 Å². The average molecular weight is 361 g/mol. The maximum atomic E-state index is 9.87. The molecule has 1 saturated heterocycles. The highest BCUT2D eigenvalue weighted by Crippen LogP contribution is 2.42. The Morgan fingerprint density at radius 3 is 2.60 bits per heavy atom. The normalized spacial score (nSPS) is 19.5. The fourth-order valence-corrected chi connectivity index (χ4v) is 3.57. The molecule has 0 bridgehead atoms. The Hall–Kier alpha value is -2.50. The van der Waals surface area contributed by atoms with Crippen molar-refractivity contribution < 1.29 is 9.47 Å². The lowest BCUT2D eigenvalue weighted by Gasteiger charge is -2.29. The van der Waals surface area contributed by atoms with Gasteiger partial charge in [0.25, 0.3) is 0 Å². The monoisotopic (exact) mass is 360 g/mol. The first-order chi connectivity index (χ1) is 12.1. The quantitative estimate of drug-likeness (QED) is 0.761. The molecule has 2 aliphatic rings. The standard InChI is InChI=1S/C16H17ClN6O2/c17-6-8-5-9-11-10(7-18)15(23-1-3-24-4-2-23)21-13(19)12(11)14(20)22-16(9)25-8/h8H,1-6H2,(H2,19,21)(H2,20,22)/t8-/m0/s1. The highest BCUT2D eigenvalue weighted by Gasteiger charge is 2.31. The van der Waals surface area contributed by atoms with Crippen molar-refractivity contribution in [3.8, 4) is 11.9 Å². The smallest absolute Gasteiger partial charge is 0.219 e. The summed E-state index contributed by atoms with van der Waals surface area (Å²) in [6.45, 7) is 2.46. The summed E-state index contributed by atoms with van der Waals surface area (Å²) in [5, 5.41) is 11.0. The number of alkyl halides is 1. The highest BCUT2D eigenvalue weighted by atomic mass is 35.5. The zero-order valence-corrected chi connectivity index (χ0v) is 14.2. The molecule has 0 amide bonds. The number of nitrogens with zero attached hydrogens (tertiary/aromatic N) is 4. The first kappa shape index (κ1) is 16.0. The van der Waals surface area contributed by atoms with Crippen LogP contribution >= 0.6 is 11.6 Å². The van der Waals surface area contributed by atoms with Gasteiger partial charge in [-0.1, -0.05) is 0 Å². The number of hydrogen-bond donors (Lipinski definition) is 2. The number of nitrogens with two attached hydrogens (primary N) is 2. The van der Waals surface area contributed by atoms with Gasteiger partial charge in [0.05, 0.1) is 24.5 Å². The summed E-state index contributed by atoms with van der Waals surface area (Å²) in [4.78, 5) is 10.8. The van der Waals surface area contributed by atoms with Crippen LogP contribution in [0, 0.1) is 11.3 Å². The number of nitrogen functional groups attached to an aromatic ring is 2. The Kier molecular flexibility index (Phi) is 3.90. The SMILES string of the molecule is N#Cc1c(N2CCOCC2)nc(N)c2c(N)nc3c(c12)C[C@@H](CCl)O3. The van der Waals surface area contributed by atoms with Crippen LogP contribution in [0.5, 0.6) is 5.88 Å². The van der Waals surface area contributed by atoms with E-state index in [0.717, 1.165) is 5.56 Å². The third-order valence-electron chi connectivity index (χ3n) is 4.55. The molecule has 2 aromatic heterocycles. The molecule has 0 aromatic carbocycles. The van der Waals surface area contributed by atoms with Crippen LogP contribution in [0.25, 0.3) is 10.8 Å². The maximum Gasteiger partial charge on any atom is 0.219 e. The van der Waals surface area contributed by atoms with E-state index < -0.39 is 0 Å². The second-order valence-corrected chi connectivity index (χ2v) is 6.34. The van der Waals surface area contributed by atoms with E-state index in [9.17, 15) is 5.26 Å². The fourth-order valence-electron chi connectivity index (χ4n) is 3.40. The predicted octanol–water partition coefficient (Wildman–Crippen LogP) is 1.04. The molecular formula is C16H17ClN6O2. The van der Waals surface area contributed by atoms with Gasteiger partial charge in [0, 0.05) is 30.5 Å². The number of nitriles is 1. The van der Waals surface area contributed by atoms with Crippen LogP contribution in [0.1, 0.15) is 11.1 Å². The number of fused-ring (bicyclic) bond motifs is 3. The van der Waals surface area contributed by atoms with Crippen molar-refractivity contribution in [3.63, 3.8) is 0 Å². The summed E-state index contributed by atoms with van der Waals surface area (Å²) in [6.07, 6.45) is 0.366. The Bertz CT molecular complexity index is 891. The molecule has 0 radical (unpaired) electrons. The lowest BCUT2D eigenvalue weighted by molar-refractivity contribution is 0.122. The van der Waals surface area contributed by atoms with Crippen LogP contribution in [0.2, 0.25) is 0 Å². The van der Waals surface area contributed by atoms with Crippen LogP contribution < -0.4 is 21.1 Å². The topological polar surface area (TPSA) is 123 Å². The van der Waals surface area contributed by atoms with E-state index in [4.69, 9.17) is 32.5 Å². The van der Waals surface area contributed by atoms with Crippen molar-refractivity contribution in [3.05, 3.63) is 11.1 Å². The van der Waals surface area contributed by atoms with Crippen molar-refractivity contribution in [1.82, 2.24) is 9.97 Å². The molecule has 8 nitrogen and oxygen atoms in total. The number of rotatable bonds is 2. The predicted molar refractivity (Wildman–Crippen MR) is 94.9 cm³/mol. The van der Waals surface area contributed by atoms with Crippen molar-refractivity contribution in [2.45, 2.75) is 12.5 Å². The fraction of sp³-hybridized carbons (Fsp3) is 0.438. The number of hydrogen-bond acceptors (Lipinski definition) is 8. The van der Waals surface area contributed by atoms with Gasteiger partial charge in [0.1, 0.15) is 35.2 Å². The lowest BCUT2D eigenvalue weighted by atomic mass is 9.99. The van der Waals surface area contributed by atoms with Crippen LogP contribution in [0.3, 0.4) is 0 Å². The van der Waals surface area contributed by atoms with Gasteiger partial charge in [-0.3, -0.25) is 0 Å². The summed E-state index contributed by atoms with van der Waals surface area (Å²) in [7, 11) is 0. The van der Waals surface area contributed by atoms with Gasteiger partial charge in [-0.15, -0.1) is 11.6 Å². The Morgan fingerprint density at radius 2 is 1.92 bits per heavy atom. The minimum Gasteiger partial charge on any atom is -0.472 e. The molecule has 1 fully saturated rings. The van der Waals surface area contributed by atoms with Crippen molar-refractivity contribution >= 4 is 39.8 Å². The van der Waals surface area contributed by atoms with Gasteiger partial charge in [-0.05, 0) is 0 Å². The Balaban J connectivity index is 2.00. The Labute approximate surface area is 149 Å². The van der Waals surface area contributed by atoms with Crippen LogP contribution in [-0.2, 0) is 11.2 Å². The number of morpholine rings is 1. The van der Waals surface area contributed by atoms with Gasteiger partial charge in [0.15, 0.2) is 0 Å². The van der Waals surface area contributed by atoms with Gasteiger partial charge in [0.2, 0.25) is 5.88 Å². The van der Waals surface area contributed by atoms with E-state index in [0.29, 0.717) is 66.6 Å². The molecule has 4 rings (SSSR count). The molecule has 130 valence electrons. The molecule has 0 saturated carbocycles. The first-order valence-corrected chi connectivity index (χ1v) is 8.54. The van der Waals surface area contributed by atoms with E-state index in [-0.39, 0.29) is 17.7 Å². The van der Waals surface area contributed by atoms with Gasteiger partial charge >= 0.3 is 0 Å². The maximum absolute atomic E-state index is 9.87. The number of ether oxygens (including phenoxy) is 2. The van der Waals surface area contributed by atoms with Crippen LogP contribution in [0.15, 0.2) is 0 Å². The minimum absolute atomic E-state index is 0.193. The van der Waals surface area contributed by atoms with Crippen LogP contribution in [-0.4, -0.2) is 48.3 Å². The molecule has 0 unspecified atom stereocenters. The Morgan fingerprint density at radius 1 is 1.20 bits per heavy atom. The largest absolute Gasteiger partial charge is 0.472 e.